The van der Waals surface area contributed by atoms with Gasteiger partial charge in [0.05, 0.1) is 5.69 Å². The maximum atomic E-state index is 4.65. The van der Waals surface area contributed by atoms with E-state index in [1.807, 2.05) is 30.3 Å². The summed E-state index contributed by atoms with van der Waals surface area (Å²) < 4.78 is 1.88. The number of hydrogen-bond acceptors (Lipinski definition) is 2. The van der Waals surface area contributed by atoms with E-state index < -0.39 is 0 Å². The van der Waals surface area contributed by atoms with Crippen LogP contribution in [-0.4, -0.2) is 9.97 Å². The Balaban J connectivity index is 2.52. The third-order valence-electron chi connectivity index (χ3n) is 2.51. The number of nitrogens with zero attached hydrogens (tertiary/aromatic N) is 2. The molecular weight excluding hydrogens is 356 g/mol. The van der Waals surface area contributed by atoms with Crippen molar-refractivity contribution < 1.29 is 0 Å². The summed E-state index contributed by atoms with van der Waals surface area (Å²) in [5, 5.41) is 0. The zero-order chi connectivity index (χ0) is 13.3. The van der Waals surface area contributed by atoms with Crippen molar-refractivity contribution in [2.45, 2.75) is 26.2 Å². The van der Waals surface area contributed by atoms with Crippen LogP contribution in [0.1, 0.15) is 26.6 Å². The number of aromatic nitrogens is 2. The van der Waals surface area contributed by atoms with Crippen molar-refractivity contribution in [3.63, 3.8) is 0 Å². The molecule has 1 aromatic carbocycles. The van der Waals surface area contributed by atoms with Crippen LogP contribution in [-0.2, 0) is 5.41 Å². The molecule has 18 heavy (non-hydrogen) atoms. The molecule has 0 fully saturated rings. The van der Waals surface area contributed by atoms with Gasteiger partial charge in [-0.2, -0.15) is 0 Å². The maximum absolute atomic E-state index is 4.65. The lowest BCUT2D eigenvalue weighted by Gasteiger charge is -2.17. The lowest BCUT2D eigenvalue weighted by Crippen LogP contribution is -2.16. The molecule has 1 heterocycles. The molecule has 0 radical (unpaired) electrons. The van der Waals surface area contributed by atoms with Crippen LogP contribution in [0.3, 0.4) is 0 Å². The van der Waals surface area contributed by atoms with Crippen LogP contribution in [0.5, 0.6) is 0 Å². The molecule has 0 spiro atoms. The Morgan fingerprint density at radius 1 is 0.944 bits per heavy atom. The van der Waals surface area contributed by atoms with Crippen LogP contribution in [0.2, 0.25) is 0 Å². The molecule has 0 unspecified atom stereocenters. The monoisotopic (exact) mass is 368 g/mol. The Labute approximate surface area is 124 Å². The highest BCUT2D eigenvalue weighted by Gasteiger charge is 2.19. The molecule has 0 aliphatic carbocycles. The van der Waals surface area contributed by atoms with Gasteiger partial charge in [0.2, 0.25) is 0 Å². The van der Waals surface area contributed by atoms with E-state index in [1.165, 1.54) is 0 Å². The second-order valence-corrected chi connectivity index (χ2v) is 6.88. The van der Waals surface area contributed by atoms with Crippen LogP contribution in [0.15, 0.2) is 39.4 Å². The van der Waals surface area contributed by atoms with Crippen LogP contribution in [0, 0.1) is 0 Å². The Bertz CT molecular complexity index is 557. The minimum absolute atomic E-state index is 0.0616. The molecule has 0 aliphatic rings. The molecule has 0 bridgehead atoms. The highest BCUT2D eigenvalue weighted by molar-refractivity contribution is 9.10. The molecule has 0 amide bonds. The first-order valence-corrected chi connectivity index (χ1v) is 7.26. The van der Waals surface area contributed by atoms with E-state index in [4.69, 9.17) is 0 Å². The first-order chi connectivity index (χ1) is 8.36. The summed E-state index contributed by atoms with van der Waals surface area (Å²) in [4.78, 5) is 9.09. The van der Waals surface area contributed by atoms with Gasteiger partial charge in [-0.05, 0) is 34.1 Å². The standard InChI is InChI=1S/C14H14Br2N2/c1-14(2,3)13-17-11(8-12(16)18-13)9-4-6-10(15)7-5-9/h4-8H,1-3H3. The summed E-state index contributed by atoms with van der Waals surface area (Å²) in [5.41, 5.74) is 1.97. The van der Waals surface area contributed by atoms with Gasteiger partial charge in [-0.15, -0.1) is 0 Å². The Hall–Kier alpha value is -0.740. The summed E-state index contributed by atoms with van der Waals surface area (Å²) in [7, 11) is 0. The molecule has 0 N–H and O–H groups in total. The van der Waals surface area contributed by atoms with Gasteiger partial charge >= 0.3 is 0 Å². The quantitative estimate of drug-likeness (QED) is 0.663. The van der Waals surface area contributed by atoms with Gasteiger partial charge in [0.25, 0.3) is 0 Å². The molecule has 0 atom stereocenters. The second-order valence-electron chi connectivity index (χ2n) is 5.16. The van der Waals surface area contributed by atoms with E-state index in [1.54, 1.807) is 0 Å². The molecule has 0 saturated heterocycles. The highest BCUT2D eigenvalue weighted by atomic mass is 79.9. The normalized spacial score (nSPS) is 11.6. The van der Waals surface area contributed by atoms with Crippen LogP contribution >= 0.6 is 31.9 Å². The van der Waals surface area contributed by atoms with E-state index in [9.17, 15) is 0 Å². The molecule has 94 valence electrons. The number of hydrogen-bond donors (Lipinski definition) is 0. The van der Waals surface area contributed by atoms with Crippen molar-refractivity contribution in [1.82, 2.24) is 9.97 Å². The van der Waals surface area contributed by atoms with E-state index in [2.05, 4.69) is 62.6 Å². The van der Waals surface area contributed by atoms with Gasteiger partial charge in [0, 0.05) is 15.5 Å². The summed E-state index contributed by atoms with van der Waals surface area (Å²) in [6.45, 7) is 6.33. The Kier molecular flexibility index (Phi) is 3.87. The van der Waals surface area contributed by atoms with Crippen molar-refractivity contribution in [2.75, 3.05) is 0 Å². The van der Waals surface area contributed by atoms with E-state index >= 15 is 0 Å². The average Bonchev–Trinajstić information content (AvgIpc) is 2.28. The zero-order valence-corrected chi connectivity index (χ0v) is 13.7. The summed E-state index contributed by atoms with van der Waals surface area (Å²) >= 11 is 6.89. The van der Waals surface area contributed by atoms with Gasteiger partial charge in [-0.1, -0.05) is 48.8 Å². The molecule has 4 heteroatoms. The van der Waals surface area contributed by atoms with Crippen molar-refractivity contribution in [2.24, 2.45) is 0 Å². The fraction of sp³-hybridized carbons (Fsp3) is 0.286. The number of benzene rings is 1. The third-order valence-corrected chi connectivity index (χ3v) is 3.44. The third kappa shape index (κ3) is 3.18. The van der Waals surface area contributed by atoms with Gasteiger partial charge in [-0.25, -0.2) is 9.97 Å². The van der Waals surface area contributed by atoms with Gasteiger partial charge < -0.3 is 0 Å². The SMILES string of the molecule is CC(C)(C)c1nc(Br)cc(-c2ccc(Br)cc2)n1. The smallest absolute Gasteiger partial charge is 0.135 e. The predicted octanol–water partition coefficient (Wildman–Crippen LogP) is 4.97. The van der Waals surface area contributed by atoms with Crippen molar-refractivity contribution >= 4 is 31.9 Å². The fourth-order valence-electron chi connectivity index (χ4n) is 1.52. The van der Waals surface area contributed by atoms with Crippen LogP contribution < -0.4 is 0 Å². The molecule has 0 aliphatic heterocycles. The molecule has 0 saturated carbocycles. The maximum Gasteiger partial charge on any atom is 0.135 e. The minimum atomic E-state index is -0.0616. The van der Waals surface area contributed by atoms with Gasteiger partial charge in [0.1, 0.15) is 10.4 Å². The minimum Gasteiger partial charge on any atom is -0.232 e. The van der Waals surface area contributed by atoms with Crippen molar-refractivity contribution in [3.8, 4) is 11.3 Å². The summed E-state index contributed by atoms with van der Waals surface area (Å²) in [5.74, 6) is 0.842. The van der Waals surface area contributed by atoms with E-state index in [-0.39, 0.29) is 5.41 Å². The topological polar surface area (TPSA) is 25.8 Å². The zero-order valence-electron chi connectivity index (χ0n) is 10.5. The number of rotatable bonds is 1. The molecule has 2 nitrogen and oxygen atoms in total. The molecular formula is C14H14Br2N2. The predicted molar refractivity (Wildman–Crippen MR) is 81.6 cm³/mol. The van der Waals surface area contributed by atoms with Crippen LogP contribution in [0.4, 0.5) is 0 Å². The van der Waals surface area contributed by atoms with Crippen LogP contribution in [0.25, 0.3) is 11.3 Å². The molecule has 2 rings (SSSR count). The van der Waals surface area contributed by atoms with Gasteiger partial charge in [0.15, 0.2) is 0 Å². The lowest BCUT2D eigenvalue weighted by atomic mass is 9.95. The lowest BCUT2D eigenvalue weighted by molar-refractivity contribution is 0.544. The summed E-state index contributed by atoms with van der Waals surface area (Å²) in [6, 6.07) is 10.1. The largest absolute Gasteiger partial charge is 0.232 e. The first kappa shape index (κ1) is 13.7. The molecule has 1 aromatic heterocycles. The van der Waals surface area contributed by atoms with Crippen molar-refractivity contribution in [3.05, 3.63) is 45.2 Å². The Morgan fingerprint density at radius 2 is 1.56 bits per heavy atom. The summed E-state index contributed by atoms with van der Waals surface area (Å²) in [6.07, 6.45) is 0. The average molecular weight is 370 g/mol. The van der Waals surface area contributed by atoms with E-state index in [0.29, 0.717) is 0 Å². The highest BCUT2D eigenvalue weighted by Crippen LogP contribution is 2.26. The Morgan fingerprint density at radius 3 is 2.11 bits per heavy atom. The van der Waals surface area contributed by atoms with E-state index in [0.717, 1.165) is 26.2 Å². The molecule has 2 aromatic rings. The first-order valence-electron chi connectivity index (χ1n) is 5.67. The number of halogens is 2. The van der Waals surface area contributed by atoms with Gasteiger partial charge in [-0.3, -0.25) is 0 Å². The van der Waals surface area contributed by atoms with Crippen molar-refractivity contribution in [1.29, 1.82) is 0 Å². The second kappa shape index (κ2) is 5.10. The fourth-order valence-corrected chi connectivity index (χ4v) is 2.17.